The lowest BCUT2D eigenvalue weighted by atomic mass is 9.92. The highest BCUT2D eigenvalue weighted by Crippen LogP contribution is 2.32. The molecule has 0 aliphatic rings. The van der Waals surface area contributed by atoms with Crippen LogP contribution in [0.4, 0.5) is 0 Å². The summed E-state index contributed by atoms with van der Waals surface area (Å²) >= 11 is 0. The summed E-state index contributed by atoms with van der Waals surface area (Å²) in [5.74, 6) is 0. The third-order valence-electron chi connectivity index (χ3n) is 5.99. The Bertz CT molecular complexity index is 1530. The molecule has 4 rings (SSSR count). The SMILES string of the molecule is [2H]c1cc(-c2ccc([Si](C)(C)C)cc2)cc(C([2H])([2H])[2H])c1-c1cc(-c2ccccc2C)[n+](C)cc1C([2H])([2H])[2H]. The molecule has 0 saturated carbocycles. The minimum absolute atomic E-state index is 0.00794. The Morgan fingerprint density at radius 2 is 1.47 bits per heavy atom. The number of nitrogens with zero attached hydrogens (tertiary/aromatic N) is 1. The van der Waals surface area contributed by atoms with Crippen molar-refractivity contribution in [1.29, 1.82) is 0 Å². The van der Waals surface area contributed by atoms with E-state index < -0.39 is 21.8 Å². The van der Waals surface area contributed by atoms with Gasteiger partial charge in [0.1, 0.15) is 7.05 Å². The van der Waals surface area contributed by atoms with Crippen LogP contribution in [0.25, 0.3) is 33.5 Å². The van der Waals surface area contributed by atoms with Crippen LogP contribution in [-0.4, -0.2) is 8.07 Å². The molecule has 3 aromatic carbocycles. The van der Waals surface area contributed by atoms with Gasteiger partial charge in [0.25, 0.3) is 0 Å². The molecule has 2 heteroatoms. The van der Waals surface area contributed by atoms with E-state index in [2.05, 4.69) is 31.8 Å². The highest BCUT2D eigenvalue weighted by atomic mass is 28.3. The van der Waals surface area contributed by atoms with Crippen LogP contribution >= 0.6 is 0 Å². The number of aromatic nitrogens is 1. The minimum Gasteiger partial charge on any atom is -0.201 e. The van der Waals surface area contributed by atoms with Crippen molar-refractivity contribution in [3.8, 4) is 33.5 Å². The highest BCUT2D eigenvalue weighted by Gasteiger charge is 2.18. The molecule has 0 atom stereocenters. The van der Waals surface area contributed by atoms with Crippen LogP contribution in [0.15, 0.2) is 79.0 Å². The summed E-state index contributed by atoms with van der Waals surface area (Å²) < 4.78 is 60.6. The molecule has 1 aromatic heterocycles. The summed E-state index contributed by atoms with van der Waals surface area (Å²) in [6.07, 6.45) is 1.54. The monoisotopic (exact) mass is 443 g/mol. The zero-order valence-electron chi connectivity index (χ0n) is 26.4. The Labute approximate surface area is 204 Å². The van der Waals surface area contributed by atoms with Crippen molar-refractivity contribution in [2.24, 2.45) is 7.05 Å². The maximum absolute atomic E-state index is 9.00. The summed E-state index contributed by atoms with van der Waals surface area (Å²) in [7, 11) is 0.267. The van der Waals surface area contributed by atoms with E-state index in [0.29, 0.717) is 5.56 Å². The van der Waals surface area contributed by atoms with Crippen LogP contribution in [0.1, 0.15) is 26.3 Å². The lowest BCUT2D eigenvalue weighted by molar-refractivity contribution is -0.660. The van der Waals surface area contributed by atoms with Crippen molar-refractivity contribution in [3.05, 3.63) is 95.7 Å². The van der Waals surface area contributed by atoms with Crippen molar-refractivity contribution in [2.75, 3.05) is 0 Å². The molecule has 0 saturated heterocycles. The molecule has 0 unspecified atom stereocenters. The van der Waals surface area contributed by atoms with Gasteiger partial charge < -0.3 is 0 Å². The minimum atomic E-state index is -2.56. The van der Waals surface area contributed by atoms with Gasteiger partial charge in [0.15, 0.2) is 6.20 Å². The molecule has 0 fully saturated rings. The normalized spacial score (nSPS) is 15.6. The molecule has 0 amide bonds. The van der Waals surface area contributed by atoms with Gasteiger partial charge in [-0.15, -0.1) is 0 Å². The fraction of sp³-hybridized carbons (Fsp3) is 0.233. The molecule has 1 nitrogen and oxygen atoms in total. The number of pyridine rings is 1. The Kier molecular flexibility index (Phi) is 3.98. The van der Waals surface area contributed by atoms with Crippen molar-refractivity contribution < 1.29 is 14.2 Å². The second-order valence-corrected chi connectivity index (χ2v) is 14.5. The average molecular weight is 444 g/mol. The van der Waals surface area contributed by atoms with Crippen molar-refractivity contribution >= 4 is 13.3 Å². The van der Waals surface area contributed by atoms with Gasteiger partial charge in [-0.05, 0) is 60.1 Å². The smallest absolute Gasteiger partial charge is 0.201 e. The van der Waals surface area contributed by atoms with Crippen LogP contribution in [-0.2, 0) is 7.05 Å². The van der Waals surface area contributed by atoms with E-state index in [1.807, 2.05) is 43.3 Å². The lowest BCUT2D eigenvalue weighted by Gasteiger charge is -2.17. The molecule has 1 heterocycles. The van der Waals surface area contributed by atoms with Gasteiger partial charge in [-0.1, -0.05) is 85.5 Å². The fourth-order valence-corrected chi connectivity index (χ4v) is 5.20. The van der Waals surface area contributed by atoms with E-state index in [4.69, 9.17) is 9.60 Å². The number of benzene rings is 3. The lowest BCUT2D eigenvalue weighted by Crippen LogP contribution is -2.37. The first kappa shape index (κ1) is 15.0. The predicted molar refractivity (Wildman–Crippen MR) is 141 cm³/mol. The Morgan fingerprint density at radius 3 is 2.12 bits per heavy atom. The van der Waals surface area contributed by atoms with Crippen LogP contribution in [0, 0.1) is 20.6 Å². The number of rotatable bonds is 4. The van der Waals surface area contributed by atoms with Crippen LogP contribution in [0.2, 0.25) is 19.6 Å². The van der Waals surface area contributed by atoms with E-state index in [-0.39, 0.29) is 28.3 Å². The molecular formula is C30H34NSi+. The molecular weight excluding hydrogens is 402 g/mol. The van der Waals surface area contributed by atoms with E-state index in [9.17, 15) is 0 Å². The first-order chi connectivity index (χ1) is 18.0. The molecule has 0 radical (unpaired) electrons. The predicted octanol–water partition coefficient (Wildman–Crippen LogP) is 6.98. The molecule has 4 aromatic rings. The molecule has 0 aliphatic carbocycles. The number of hydrogen-bond acceptors (Lipinski definition) is 0. The van der Waals surface area contributed by atoms with E-state index >= 15 is 0 Å². The molecule has 32 heavy (non-hydrogen) atoms. The van der Waals surface area contributed by atoms with Crippen molar-refractivity contribution in [3.63, 3.8) is 0 Å². The largest absolute Gasteiger partial charge is 0.213 e. The fourth-order valence-electron chi connectivity index (χ4n) is 4.03. The molecule has 0 N–H and O–H groups in total. The zero-order chi connectivity index (χ0) is 28.9. The summed E-state index contributed by atoms with van der Waals surface area (Å²) in [6.45, 7) is 3.68. The maximum Gasteiger partial charge on any atom is 0.213 e. The van der Waals surface area contributed by atoms with Gasteiger partial charge in [0.2, 0.25) is 5.69 Å². The van der Waals surface area contributed by atoms with Crippen molar-refractivity contribution in [2.45, 2.75) is 40.3 Å². The third-order valence-corrected chi connectivity index (χ3v) is 8.06. The molecule has 162 valence electrons. The maximum atomic E-state index is 9.00. The van der Waals surface area contributed by atoms with E-state index in [0.717, 1.165) is 22.4 Å². The van der Waals surface area contributed by atoms with Gasteiger partial charge in [-0.25, -0.2) is 4.57 Å². The first-order valence-electron chi connectivity index (χ1n) is 14.3. The molecule has 0 spiro atoms. The zero-order valence-corrected chi connectivity index (χ0v) is 20.4. The quantitative estimate of drug-likeness (QED) is 0.236. The Morgan fingerprint density at radius 1 is 0.750 bits per heavy atom. The van der Waals surface area contributed by atoms with Gasteiger partial charge in [0.05, 0.1) is 9.44 Å². The first-order valence-corrected chi connectivity index (χ1v) is 14.3. The summed E-state index contributed by atoms with van der Waals surface area (Å²) in [6, 6.07) is 20.8. The van der Waals surface area contributed by atoms with E-state index in [1.165, 1.54) is 11.4 Å². The van der Waals surface area contributed by atoms with Crippen LogP contribution < -0.4 is 9.75 Å². The van der Waals surface area contributed by atoms with Gasteiger partial charge in [0, 0.05) is 25.4 Å². The average Bonchev–Trinajstić information content (AvgIpc) is 2.82. The topological polar surface area (TPSA) is 3.88 Å². The molecule has 0 bridgehead atoms. The molecule has 0 aliphatic heterocycles. The summed E-state index contributed by atoms with van der Waals surface area (Å²) in [5.41, 5.74) is 4.41. The Balaban J connectivity index is 2.02. The highest BCUT2D eigenvalue weighted by molar-refractivity contribution is 6.88. The third kappa shape index (κ3) is 4.33. The standard InChI is InChI=1S/C30H34NSi/c1-21-10-8-9-11-28(21)30-19-29(23(3)20-31(30)4)27-17-14-25(18-22(27)2)24-12-15-26(16-13-24)32(5,6)7/h8-20H,1-7H3/q+1/i2D3,3D3,17D. The van der Waals surface area contributed by atoms with E-state index in [1.54, 1.807) is 29.8 Å². The van der Waals surface area contributed by atoms with Crippen LogP contribution in [0.5, 0.6) is 0 Å². The number of hydrogen-bond donors (Lipinski definition) is 0. The van der Waals surface area contributed by atoms with Crippen molar-refractivity contribution in [1.82, 2.24) is 0 Å². The second kappa shape index (κ2) is 8.52. The van der Waals surface area contributed by atoms with Crippen LogP contribution in [0.3, 0.4) is 0 Å². The summed E-state index contributed by atoms with van der Waals surface area (Å²) in [4.78, 5) is 0. The second-order valence-electron chi connectivity index (χ2n) is 9.42. The summed E-state index contributed by atoms with van der Waals surface area (Å²) in [5, 5.41) is 1.29. The van der Waals surface area contributed by atoms with Gasteiger partial charge in [-0.3, -0.25) is 0 Å². The van der Waals surface area contributed by atoms with Gasteiger partial charge in [-0.2, -0.15) is 0 Å². The Hall–Kier alpha value is -2.97. The van der Waals surface area contributed by atoms with Gasteiger partial charge >= 0.3 is 0 Å². The number of aryl methyl sites for hydroxylation is 4.